The van der Waals surface area contributed by atoms with Crippen LogP contribution in [0.1, 0.15) is 5.01 Å². The zero-order valence-electron chi connectivity index (χ0n) is 7.27. The van der Waals surface area contributed by atoms with Gasteiger partial charge in [-0.2, -0.15) is 0 Å². The van der Waals surface area contributed by atoms with Gasteiger partial charge in [-0.05, 0) is 0 Å². The van der Waals surface area contributed by atoms with Gasteiger partial charge in [0.2, 0.25) is 5.13 Å². The highest BCUT2D eigenvalue weighted by atomic mass is 32.1. The Balaban J connectivity index is 1.89. The summed E-state index contributed by atoms with van der Waals surface area (Å²) in [7, 11) is 0. The van der Waals surface area contributed by atoms with Crippen LogP contribution in [0.2, 0.25) is 0 Å². The molecule has 1 saturated heterocycles. The van der Waals surface area contributed by atoms with Crippen molar-refractivity contribution >= 4 is 16.5 Å². The lowest BCUT2D eigenvalue weighted by molar-refractivity contribution is 0.0341. The van der Waals surface area contributed by atoms with Gasteiger partial charge in [-0.3, -0.25) is 4.90 Å². The van der Waals surface area contributed by atoms with Gasteiger partial charge in [0.15, 0.2) is 0 Å². The van der Waals surface area contributed by atoms with Gasteiger partial charge in [-0.25, -0.2) is 0 Å². The van der Waals surface area contributed by atoms with Crippen LogP contribution in [0.4, 0.5) is 5.13 Å². The summed E-state index contributed by atoms with van der Waals surface area (Å²) in [5, 5.41) is 9.27. The summed E-state index contributed by atoms with van der Waals surface area (Å²) in [6, 6.07) is 0. The lowest BCUT2D eigenvalue weighted by Crippen LogP contribution is -2.35. The van der Waals surface area contributed by atoms with Crippen LogP contribution in [0.5, 0.6) is 0 Å². The predicted octanol–water partition coefficient (Wildman–Crippen LogP) is -0.0475. The van der Waals surface area contributed by atoms with E-state index in [0.717, 1.165) is 37.9 Å². The molecular formula is C7H12N4OS. The quantitative estimate of drug-likeness (QED) is 0.725. The fourth-order valence-electron chi connectivity index (χ4n) is 1.28. The molecule has 1 aliphatic heterocycles. The largest absolute Gasteiger partial charge is 0.379 e. The van der Waals surface area contributed by atoms with Gasteiger partial charge in [0.1, 0.15) is 5.01 Å². The summed E-state index contributed by atoms with van der Waals surface area (Å²) < 4.78 is 5.24. The minimum atomic E-state index is 0.545. The molecule has 0 saturated carbocycles. The van der Waals surface area contributed by atoms with Crippen molar-refractivity contribution in [1.82, 2.24) is 15.1 Å². The first-order chi connectivity index (χ1) is 6.34. The Morgan fingerprint density at radius 3 is 2.77 bits per heavy atom. The summed E-state index contributed by atoms with van der Waals surface area (Å²) >= 11 is 1.45. The minimum absolute atomic E-state index is 0.545. The number of rotatable bonds is 2. The zero-order chi connectivity index (χ0) is 9.10. The number of anilines is 1. The summed E-state index contributed by atoms with van der Waals surface area (Å²) in [6.07, 6.45) is 0. The summed E-state index contributed by atoms with van der Waals surface area (Å²) in [5.74, 6) is 0. The fourth-order valence-corrected chi connectivity index (χ4v) is 1.93. The van der Waals surface area contributed by atoms with Gasteiger partial charge in [-0.1, -0.05) is 11.3 Å². The molecule has 5 nitrogen and oxygen atoms in total. The SMILES string of the molecule is Nc1nnc(CN2CCOCC2)s1. The highest BCUT2D eigenvalue weighted by Gasteiger charge is 2.12. The molecule has 13 heavy (non-hydrogen) atoms. The highest BCUT2D eigenvalue weighted by Crippen LogP contribution is 2.13. The number of aromatic nitrogens is 2. The van der Waals surface area contributed by atoms with Crippen molar-refractivity contribution in [2.75, 3.05) is 32.0 Å². The van der Waals surface area contributed by atoms with Gasteiger partial charge < -0.3 is 10.5 Å². The molecule has 6 heteroatoms. The van der Waals surface area contributed by atoms with Gasteiger partial charge in [0, 0.05) is 13.1 Å². The Morgan fingerprint density at radius 2 is 2.15 bits per heavy atom. The van der Waals surface area contributed by atoms with Crippen LogP contribution in [-0.2, 0) is 11.3 Å². The molecule has 2 N–H and O–H groups in total. The Labute approximate surface area is 80.5 Å². The molecular weight excluding hydrogens is 188 g/mol. The van der Waals surface area contributed by atoms with E-state index in [1.54, 1.807) is 0 Å². The van der Waals surface area contributed by atoms with Crippen LogP contribution in [0.15, 0.2) is 0 Å². The van der Waals surface area contributed by atoms with Crippen molar-refractivity contribution in [3.63, 3.8) is 0 Å². The Hall–Kier alpha value is -0.720. The van der Waals surface area contributed by atoms with E-state index < -0.39 is 0 Å². The molecule has 0 amide bonds. The molecule has 1 aliphatic rings. The third-order valence-electron chi connectivity index (χ3n) is 1.95. The van der Waals surface area contributed by atoms with E-state index in [-0.39, 0.29) is 0 Å². The third-order valence-corrected chi connectivity index (χ3v) is 2.68. The molecule has 1 fully saturated rings. The van der Waals surface area contributed by atoms with E-state index in [2.05, 4.69) is 15.1 Å². The molecule has 0 aliphatic carbocycles. The van der Waals surface area contributed by atoms with Crippen LogP contribution >= 0.6 is 11.3 Å². The number of ether oxygens (including phenoxy) is 1. The molecule has 0 spiro atoms. The van der Waals surface area contributed by atoms with Crippen molar-refractivity contribution in [3.05, 3.63) is 5.01 Å². The van der Waals surface area contributed by atoms with Crippen LogP contribution in [0.3, 0.4) is 0 Å². The number of hydrogen-bond donors (Lipinski definition) is 1. The molecule has 0 bridgehead atoms. The molecule has 2 heterocycles. The number of hydrogen-bond acceptors (Lipinski definition) is 6. The van der Waals surface area contributed by atoms with E-state index in [4.69, 9.17) is 10.5 Å². The van der Waals surface area contributed by atoms with Crippen LogP contribution in [0.25, 0.3) is 0 Å². The van der Waals surface area contributed by atoms with E-state index in [9.17, 15) is 0 Å². The number of morpholine rings is 1. The lowest BCUT2D eigenvalue weighted by Gasteiger charge is -2.25. The maximum absolute atomic E-state index is 5.49. The molecule has 0 unspecified atom stereocenters. The number of nitrogens with zero attached hydrogens (tertiary/aromatic N) is 3. The Morgan fingerprint density at radius 1 is 1.38 bits per heavy atom. The van der Waals surface area contributed by atoms with Crippen LogP contribution in [0, 0.1) is 0 Å². The lowest BCUT2D eigenvalue weighted by atomic mass is 10.4. The van der Waals surface area contributed by atoms with Crippen molar-refractivity contribution in [2.24, 2.45) is 0 Å². The topological polar surface area (TPSA) is 64.3 Å². The summed E-state index contributed by atoms with van der Waals surface area (Å²) in [4.78, 5) is 2.30. The Bertz CT molecular complexity index is 271. The van der Waals surface area contributed by atoms with Crippen molar-refractivity contribution in [2.45, 2.75) is 6.54 Å². The van der Waals surface area contributed by atoms with Crippen molar-refractivity contribution in [3.8, 4) is 0 Å². The first kappa shape index (κ1) is 8.86. The average Bonchev–Trinajstić information content (AvgIpc) is 2.53. The fraction of sp³-hybridized carbons (Fsp3) is 0.714. The smallest absolute Gasteiger partial charge is 0.203 e. The van der Waals surface area contributed by atoms with Gasteiger partial charge >= 0.3 is 0 Å². The summed E-state index contributed by atoms with van der Waals surface area (Å²) in [6.45, 7) is 4.42. The van der Waals surface area contributed by atoms with Crippen LogP contribution < -0.4 is 5.73 Å². The first-order valence-electron chi connectivity index (χ1n) is 4.22. The van der Waals surface area contributed by atoms with E-state index in [1.807, 2.05) is 0 Å². The maximum atomic E-state index is 5.49. The molecule has 0 radical (unpaired) electrons. The second-order valence-corrected chi connectivity index (χ2v) is 4.02. The Kier molecular flexibility index (Phi) is 2.72. The monoisotopic (exact) mass is 200 g/mol. The molecule has 1 aromatic heterocycles. The van der Waals surface area contributed by atoms with Crippen LogP contribution in [-0.4, -0.2) is 41.4 Å². The van der Waals surface area contributed by atoms with E-state index in [1.165, 1.54) is 11.3 Å². The molecule has 72 valence electrons. The average molecular weight is 200 g/mol. The van der Waals surface area contributed by atoms with Gasteiger partial charge in [0.05, 0.1) is 19.8 Å². The van der Waals surface area contributed by atoms with Crippen molar-refractivity contribution < 1.29 is 4.74 Å². The number of nitrogen functional groups attached to an aromatic ring is 1. The summed E-state index contributed by atoms with van der Waals surface area (Å²) in [5.41, 5.74) is 5.49. The molecule has 2 rings (SSSR count). The second-order valence-electron chi connectivity index (χ2n) is 2.92. The molecule has 0 aromatic carbocycles. The molecule has 0 atom stereocenters. The first-order valence-corrected chi connectivity index (χ1v) is 5.04. The minimum Gasteiger partial charge on any atom is -0.379 e. The molecule has 1 aromatic rings. The maximum Gasteiger partial charge on any atom is 0.203 e. The van der Waals surface area contributed by atoms with Crippen molar-refractivity contribution in [1.29, 1.82) is 0 Å². The normalized spacial score (nSPS) is 19.1. The van der Waals surface area contributed by atoms with E-state index in [0.29, 0.717) is 5.13 Å². The van der Waals surface area contributed by atoms with Gasteiger partial charge in [-0.15, -0.1) is 10.2 Å². The second kappa shape index (κ2) is 3.99. The zero-order valence-corrected chi connectivity index (χ0v) is 8.09. The van der Waals surface area contributed by atoms with E-state index >= 15 is 0 Å². The number of nitrogens with two attached hydrogens (primary N) is 1. The highest BCUT2D eigenvalue weighted by molar-refractivity contribution is 7.15. The van der Waals surface area contributed by atoms with Gasteiger partial charge in [0.25, 0.3) is 0 Å². The predicted molar refractivity (Wildman–Crippen MR) is 50.4 cm³/mol. The standard InChI is InChI=1S/C7H12N4OS/c8-7-10-9-6(13-7)5-11-1-3-12-4-2-11/h1-5H2,(H2,8,10). The third kappa shape index (κ3) is 2.36.